The number of aromatic nitrogens is 4. The number of nitrogens with one attached hydrogen (secondary N) is 4. The van der Waals surface area contributed by atoms with Crippen LogP contribution in [-0.2, 0) is 27.2 Å². The molecule has 26 heavy (non-hydrogen) atoms. The number of amides is 2. The van der Waals surface area contributed by atoms with Gasteiger partial charge in [-0.05, 0) is 0 Å². The topological polar surface area (TPSA) is 179 Å². The second-order valence-corrected chi connectivity index (χ2v) is 5.34. The van der Waals surface area contributed by atoms with Crippen LogP contribution in [0.4, 0.5) is 0 Å². The van der Waals surface area contributed by atoms with Crippen LogP contribution < -0.4 is 16.4 Å². The minimum Gasteiger partial charge on any atom is -0.480 e. The van der Waals surface area contributed by atoms with E-state index in [4.69, 9.17) is 10.8 Å². The Bertz CT molecular complexity index is 705. The van der Waals surface area contributed by atoms with Crippen LogP contribution in [-0.4, -0.2) is 61.5 Å². The van der Waals surface area contributed by atoms with E-state index in [9.17, 15) is 14.4 Å². The van der Waals surface area contributed by atoms with E-state index < -0.39 is 29.9 Å². The molecule has 2 heterocycles. The number of rotatable bonds is 9. The highest BCUT2D eigenvalue weighted by Gasteiger charge is 2.22. The van der Waals surface area contributed by atoms with Crippen molar-refractivity contribution in [2.75, 3.05) is 6.54 Å². The monoisotopic (exact) mass is 385 g/mol. The molecule has 0 aliphatic rings. The van der Waals surface area contributed by atoms with Gasteiger partial charge < -0.3 is 31.4 Å². The second kappa shape index (κ2) is 10.2. The number of imidazole rings is 2. The summed E-state index contributed by atoms with van der Waals surface area (Å²) in [6.07, 6.45) is 6.20. The summed E-state index contributed by atoms with van der Waals surface area (Å²) in [5.74, 6) is -2.34. The number of nitrogens with zero attached hydrogens (tertiary/aromatic N) is 2. The van der Waals surface area contributed by atoms with Gasteiger partial charge in [0.05, 0.1) is 25.2 Å². The first-order valence-electron chi connectivity index (χ1n) is 7.45. The van der Waals surface area contributed by atoms with Crippen molar-refractivity contribution in [1.82, 2.24) is 30.6 Å². The molecule has 2 aromatic heterocycles. The number of H-pyrrole nitrogens is 2. The van der Waals surface area contributed by atoms with Crippen molar-refractivity contribution in [2.45, 2.75) is 24.9 Å². The number of halogens is 1. The summed E-state index contributed by atoms with van der Waals surface area (Å²) < 4.78 is 0. The number of carbonyl (C=O) groups excluding carboxylic acids is 2. The molecule has 0 aliphatic heterocycles. The van der Waals surface area contributed by atoms with Gasteiger partial charge in [-0.15, -0.1) is 12.4 Å². The van der Waals surface area contributed by atoms with Gasteiger partial charge in [-0.3, -0.25) is 9.59 Å². The van der Waals surface area contributed by atoms with Crippen LogP contribution in [0.15, 0.2) is 25.0 Å². The summed E-state index contributed by atoms with van der Waals surface area (Å²) in [4.78, 5) is 48.1. The number of hydrogen-bond acceptors (Lipinski definition) is 6. The molecule has 0 aromatic carbocycles. The molecule has 0 saturated heterocycles. The zero-order valence-electron chi connectivity index (χ0n) is 13.6. The van der Waals surface area contributed by atoms with Gasteiger partial charge in [-0.1, -0.05) is 0 Å². The molecule has 0 saturated carbocycles. The highest BCUT2D eigenvalue weighted by molar-refractivity contribution is 5.89. The molecular weight excluding hydrogens is 366 g/mol. The van der Waals surface area contributed by atoms with Crippen LogP contribution in [0.3, 0.4) is 0 Å². The quantitative estimate of drug-likeness (QED) is 0.299. The van der Waals surface area contributed by atoms with Crippen molar-refractivity contribution < 1.29 is 19.5 Å². The zero-order valence-corrected chi connectivity index (χ0v) is 14.5. The lowest BCUT2D eigenvalue weighted by Gasteiger charge is -2.15. The van der Waals surface area contributed by atoms with Crippen LogP contribution in [0.1, 0.15) is 11.4 Å². The smallest absolute Gasteiger partial charge is 0.326 e. The zero-order chi connectivity index (χ0) is 18.2. The van der Waals surface area contributed by atoms with Crippen molar-refractivity contribution in [3.63, 3.8) is 0 Å². The molecule has 2 rings (SSSR count). The molecular formula is C14H20ClN7O4. The summed E-state index contributed by atoms with van der Waals surface area (Å²) in [5, 5.41) is 13.9. The standard InChI is InChI=1S/C14H19N7O4.ClH/c15-10(1-8-3-16-6-19-8)13(23)18-5-12(22)21-11(14(24)25)2-9-4-17-7-20-9;/h3-4,6-7,10-11H,1-2,5,15H2,(H,16,19)(H,17,20)(H,18,23)(H,21,22)(H,24,25);1H/t10-,11-;/m0./s1. The van der Waals surface area contributed by atoms with E-state index in [2.05, 4.69) is 30.6 Å². The van der Waals surface area contributed by atoms with Gasteiger partial charge in [-0.2, -0.15) is 0 Å². The molecule has 0 unspecified atom stereocenters. The van der Waals surface area contributed by atoms with Gasteiger partial charge in [-0.25, -0.2) is 14.8 Å². The van der Waals surface area contributed by atoms with Gasteiger partial charge in [0.1, 0.15) is 6.04 Å². The summed E-state index contributed by atoms with van der Waals surface area (Å²) >= 11 is 0. The first kappa shape index (κ1) is 21.1. The number of aromatic amines is 2. The largest absolute Gasteiger partial charge is 0.480 e. The lowest BCUT2D eigenvalue weighted by Crippen LogP contribution is -2.49. The van der Waals surface area contributed by atoms with Crippen LogP contribution in [0.2, 0.25) is 0 Å². The Hall–Kier alpha value is -2.92. The number of aliphatic carboxylic acids is 1. The van der Waals surface area contributed by atoms with Crippen molar-refractivity contribution in [2.24, 2.45) is 5.73 Å². The predicted octanol–water partition coefficient (Wildman–Crippen LogP) is -1.65. The Morgan fingerprint density at radius 2 is 1.69 bits per heavy atom. The normalized spacial score (nSPS) is 12.5. The molecule has 0 fully saturated rings. The SMILES string of the molecule is Cl.N[C@@H](Cc1cnc[nH]1)C(=O)NCC(=O)N[C@@H](Cc1cnc[nH]1)C(=O)O. The third-order valence-electron chi connectivity index (χ3n) is 3.37. The van der Waals surface area contributed by atoms with Gasteiger partial charge in [0.25, 0.3) is 0 Å². The van der Waals surface area contributed by atoms with Gasteiger partial charge in [0.2, 0.25) is 11.8 Å². The summed E-state index contributed by atoms with van der Waals surface area (Å²) in [5.41, 5.74) is 7.00. The summed E-state index contributed by atoms with van der Waals surface area (Å²) in [6.45, 7) is -0.373. The van der Waals surface area contributed by atoms with Crippen LogP contribution in [0, 0.1) is 0 Å². The fraction of sp³-hybridized carbons (Fsp3) is 0.357. The number of hydrogen-bond donors (Lipinski definition) is 6. The molecule has 2 aromatic rings. The average molecular weight is 386 g/mol. The van der Waals surface area contributed by atoms with Gasteiger partial charge >= 0.3 is 5.97 Å². The van der Waals surface area contributed by atoms with E-state index >= 15 is 0 Å². The molecule has 11 nitrogen and oxygen atoms in total. The number of carbonyl (C=O) groups is 3. The highest BCUT2D eigenvalue weighted by atomic mass is 35.5. The first-order valence-corrected chi connectivity index (χ1v) is 7.45. The first-order chi connectivity index (χ1) is 12.0. The maximum absolute atomic E-state index is 11.9. The maximum Gasteiger partial charge on any atom is 0.326 e. The Balaban J connectivity index is 0.00000338. The minimum absolute atomic E-state index is 0. The van der Waals surface area contributed by atoms with E-state index in [1.165, 1.54) is 18.9 Å². The lowest BCUT2D eigenvalue weighted by molar-refractivity contribution is -0.141. The van der Waals surface area contributed by atoms with Crippen LogP contribution >= 0.6 is 12.4 Å². The van der Waals surface area contributed by atoms with E-state index in [-0.39, 0.29) is 31.8 Å². The number of nitrogens with two attached hydrogens (primary N) is 1. The van der Waals surface area contributed by atoms with Crippen molar-refractivity contribution in [3.05, 3.63) is 36.4 Å². The Kier molecular flexibility index (Phi) is 8.25. The summed E-state index contributed by atoms with van der Waals surface area (Å²) in [7, 11) is 0. The lowest BCUT2D eigenvalue weighted by atomic mass is 10.1. The third-order valence-corrected chi connectivity index (χ3v) is 3.37. The van der Waals surface area contributed by atoms with Crippen molar-refractivity contribution >= 4 is 30.2 Å². The third kappa shape index (κ3) is 6.53. The molecule has 0 aliphatic carbocycles. The van der Waals surface area contributed by atoms with Gasteiger partial charge in [0.15, 0.2) is 0 Å². The molecule has 2 amide bonds. The highest BCUT2D eigenvalue weighted by Crippen LogP contribution is 1.99. The molecule has 2 atom stereocenters. The Morgan fingerprint density at radius 3 is 2.19 bits per heavy atom. The molecule has 0 spiro atoms. The molecule has 0 radical (unpaired) electrons. The van der Waals surface area contributed by atoms with E-state index in [1.54, 1.807) is 6.20 Å². The fourth-order valence-corrected chi connectivity index (χ4v) is 2.09. The molecule has 142 valence electrons. The Morgan fingerprint density at radius 1 is 1.12 bits per heavy atom. The average Bonchev–Trinajstić information content (AvgIpc) is 3.25. The van der Waals surface area contributed by atoms with E-state index in [0.29, 0.717) is 11.4 Å². The van der Waals surface area contributed by atoms with Crippen molar-refractivity contribution in [3.8, 4) is 0 Å². The fourth-order valence-electron chi connectivity index (χ4n) is 2.09. The molecule has 0 bridgehead atoms. The predicted molar refractivity (Wildman–Crippen MR) is 92.4 cm³/mol. The summed E-state index contributed by atoms with van der Waals surface area (Å²) in [6, 6.07) is -1.99. The molecule has 12 heteroatoms. The number of carboxylic acid groups (broad SMARTS) is 1. The number of carboxylic acids is 1. The maximum atomic E-state index is 11.9. The Labute approximate surface area is 154 Å². The van der Waals surface area contributed by atoms with Crippen molar-refractivity contribution in [1.29, 1.82) is 0 Å². The van der Waals surface area contributed by atoms with Crippen LogP contribution in [0.5, 0.6) is 0 Å². The van der Waals surface area contributed by atoms with Crippen LogP contribution in [0.25, 0.3) is 0 Å². The van der Waals surface area contributed by atoms with Gasteiger partial charge in [0, 0.05) is 36.6 Å². The van der Waals surface area contributed by atoms with E-state index in [0.717, 1.165) is 0 Å². The van der Waals surface area contributed by atoms with E-state index in [1.807, 2.05) is 0 Å². The second-order valence-electron chi connectivity index (χ2n) is 5.34. The molecule has 7 N–H and O–H groups in total. The minimum atomic E-state index is -1.19.